The van der Waals surface area contributed by atoms with Crippen molar-refractivity contribution in [2.45, 2.75) is 44.6 Å². The molecule has 1 aromatic carbocycles. The number of carbonyl (C=O) groups excluding carboxylic acids is 1. The summed E-state index contributed by atoms with van der Waals surface area (Å²) < 4.78 is 0. The number of hydrogen-bond acceptors (Lipinski definition) is 3. The van der Waals surface area contributed by atoms with Gasteiger partial charge in [0.2, 0.25) is 0 Å². The first-order chi connectivity index (χ1) is 11.1. The first-order valence-corrected chi connectivity index (χ1v) is 8.49. The van der Waals surface area contributed by atoms with Crippen LogP contribution in [0.3, 0.4) is 0 Å². The number of aromatic hydroxyl groups is 1. The smallest absolute Gasteiger partial charge is 0.317 e. The molecule has 0 heterocycles. The summed E-state index contributed by atoms with van der Waals surface area (Å²) in [5.74, 6) is 0.688. The van der Waals surface area contributed by atoms with Crippen LogP contribution >= 0.6 is 0 Å². The highest BCUT2D eigenvalue weighted by atomic mass is 16.3. The van der Waals surface area contributed by atoms with Crippen LogP contribution in [0.25, 0.3) is 0 Å². The fraction of sp³-hybridized carbons (Fsp3) is 0.611. The predicted octanol–water partition coefficient (Wildman–Crippen LogP) is 2.52. The Morgan fingerprint density at radius 1 is 1.22 bits per heavy atom. The molecule has 5 nitrogen and oxygen atoms in total. The maximum absolute atomic E-state index is 12.2. The number of carbonyl (C=O) groups is 1. The molecule has 1 fully saturated rings. The highest BCUT2D eigenvalue weighted by Gasteiger charge is 2.25. The lowest BCUT2D eigenvalue weighted by Crippen LogP contribution is -2.45. The highest BCUT2D eigenvalue weighted by molar-refractivity contribution is 5.74. The number of nitrogens with zero attached hydrogens (tertiary/aromatic N) is 1. The van der Waals surface area contributed by atoms with Gasteiger partial charge in [-0.3, -0.25) is 0 Å². The molecule has 2 amide bonds. The molecule has 0 radical (unpaired) electrons. The van der Waals surface area contributed by atoms with E-state index in [1.165, 1.54) is 0 Å². The minimum Gasteiger partial charge on any atom is -0.508 e. The Hall–Kier alpha value is -1.75. The Morgan fingerprint density at radius 3 is 2.48 bits per heavy atom. The van der Waals surface area contributed by atoms with Crippen molar-refractivity contribution in [3.63, 3.8) is 0 Å². The van der Waals surface area contributed by atoms with E-state index in [1.807, 2.05) is 24.1 Å². The molecule has 23 heavy (non-hydrogen) atoms. The Morgan fingerprint density at radius 2 is 1.87 bits per heavy atom. The van der Waals surface area contributed by atoms with Gasteiger partial charge in [0, 0.05) is 26.2 Å². The Balaban J connectivity index is 1.65. The first-order valence-electron chi connectivity index (χ1n) is 8.49. The summed E-state index contributed by atoms with van der Waals surface area (Å²) in [7, 11) is 1.86. The summed E-state index contributed by atoms with van der Waals surface area (Å²) in [5, 5.41) is 21.4. The van der Waals surface area contributed by atoms with Crippen molar-refractivity contribution in [3.05, 3.63) is 29.8 Å². The van der Waals surface area contributed by atoms with Gasteiger partial charge in [-0.25, -0.2) is 4.79 Å². The zero-order valence-electron chi connectivity index (χ0n) is 13.9. The number of benzene rings is 1. The molecule has 1 saturated carbocycles. The van der Waals surface area contributed by atoms with Crippen molar-refractivity contribution in [1.82, 2.24) is 10.2 Å². The fourth-order valence-electron chi connectivity index (χ4n) is 3.16. The summed E-state index contributed by atoms with van der Waals surface area (Å²) in [4.78, 5) is 14.0. The molecule has 0 aromatic heterocycles. The third-order valence-corrected chi connectivity index (χ3v) is 4.80. The second-order valence-electron chi connectivity index (χ2n) is 6.47. The topological polar surface area (TPSA) is 72.8 Å². The molecule has 1 aliphatic carbocycles. The van der Waals surface area contributed by atoms with Gasteiger partial charge < -0.3 is 20.4 Å². The molecule has 0 saturated heterocycles. The number of nitrogens with one attached hydrogen (secondary N) is 1. The van der Waals surface area contributed by atoms with E-state index in [9.17, 15) is 15.0 Å². The highest BCUT2D eigenvalue weighted by Crippen LogP contribution is 2.26. The van der Waals surface area contributed by atoms with Gasteiger partial charge in [0.1, 0.15) is 5.75 Å². The normalized spacial score (nSPS) is 21.0. The summed E-state index contributed by atoms with van der Waals surface area (Å²) in [6.07, 6.45) is 5.71. The summed E-state index contributed by atoms with van der Waals surface area (Å²) >= 11 is 0. The predicted molar refractivity (Wildman–Crippen MR) is 90.4 cm³/mol. The molecule has 3 N–H and O–H groups in total. The van der Waals surface area contributed by atoms with Crippen LogP contribution in [0.4, 0.5) is 4.79 Å². The van der Waals surface area contributed by atoms with Gasteiger partial charge in [-0.2, -0.15) is 0 Å². The fourth-order valence-corrected chi connectivity index (χ4v) is 3.16. The van der Waals surface area contributed by atoms with E-state index in [4.69, 9.17) is 0 Å². The van der Waals surface area contributed by atoms with Gasteiger partial charge in [0.25, 0.3) is 0 Å². The van der Waals surface area contributed by atoms with Gasteiger partial charge in [-0.1, -0.05) is 12.1 Å². The maximum Gasteiger partial charge on any atom is 0.317 e. The van der Waals surface area contributed by atoms with E-state index < -0.39 is 0 Å². The van der Waals surface area contributed by atoms with Crippen molar-refractivity contribution in [2.24, 2.45) is 5.92 Å². The average Bonchev–Trinajstić information content (AvgIpc) is 2.59. The van der Waals surface area contributed by atoms with Crippen molar-refractivity contribution in [2.75, 3.05) is 20.2 Å². The van der Waals surface area contributed by atoms with Gasteiger partial charge >= 0.3 is 6.03 Å². The number of aliphatic hydroxyl groups excluding tert-OH is 1. The summed E-state index contributed by atoms with van der Waals surface area (Å²) in [6, 6.07) is 7.46. The quantitative estimate of drug-likeness (QED) is 0.705. The van der Waals surface area contributed by atoms with Crippen LogP contribution < -0.4 is 5.32 Å². The number of urea groups is 1. The van der Waals surface area contributed by atoms with Gasteiger partial charge in [0.15, 0.2) is 0 Å². The van der Waals surface area contributed by atoms with Gasteiger partial charge in [0.05, 0.1) is 0 Å². The molecule has 0 bridgehead atoms. The lowest BCUT2D eigenvalue weighted by molar-refractivity contribution is 0.134. The first kappa shape index (κ1) is 17.6. The molecule has 0 aliphatic heterocycles. The number of phenolic OH excluding ortho intramolecular Hbond substituents is 1. The van der Waals surface area contributed by atoms with E-state index in [-0.39, 0.29) is 24.4 Å². The van der Waals surface area contributed by atoms with Gasteiger partial charge in [-0.15, -0.1) is 0 Å². The standard InChI is InChI=1S/C18H28N2O3/c1-20(16-8-4-15(13-21)5-9-16)18(23)19-12-2-3-14-6-10-17(22)11-7-14/h6-7,10-11,15-16,21-22H,2-5,8-9,12-13H2,1H3,(H,19,23). The Kier molecular flexibility index (Phi) is 6.71. The monoisotopic (exact) mass is 320 g/mol. The lowest BCUT2D eigenvalue weighted by Gasteiger charge is -2.34. The minimum atomic E-state index is -0.0110. The van der Waals surface area contributed by atoms with Crippen molar-refractivity contribution in [1.29, 1.82) is 0 Å². The van der Waals surface area contributed by atoms with Crippen molar-refractivity contribution >= 4 is 6.03 Å². The van der Waals surface area contributed by atoms with Crippen molar-refractivity contribution in [3.8, 4) is 5.75 Å². The molecule has 2 rings (SSSR count). The molecule has 0 atom stereocenters. The van der Waals surface area contributed by atoms with Crippen LogP contribution in [0.5, 0.6) is 5.75 Å². The van der Waals surface area contributed by atoms with Crippen LogP contribution in [0.1, 0.15) is 37.7 Å². The number of hydrogen-bond donors (Lipinski definition) is 3. The largest absolute Gasteiger partial charge is 0.508 e. The van der Waals surface area contributed by atoms with Crippen LogP contribution in [0, 0.1) is 5.92 Å². The van der Waals surface area contributed by atoms with Crippen molar-refractivity contribution < 1.29 is 15.0 Å². The third kappa shape index (κ3) is 5.43. The number of aliphatic hydroxyl groups is 1. The summed E-state index contributed by atoms with van der Waals surface area (Å²) in [5.41, 5.74) is 1.16. The average molecular weight is 320 g/mol. The van der Waals surface area contributed by atoms with E-state index in [0.717, 1.165) is 44.1 Å². The van der Waals surface area contributed by atoms with Crippen LogP contribution in [-0.4, -0.2) is 47.4 Å². The number of amides is 2. The third-order valence-electron chi connectivity index (χ3n) is 4.80. The SMILES string of the molecule is CN(C(=O)NCCCc1ccc(O)cc1)C1CCC(CO)CC1. The molecule has 1 aliphatic rings. The Labute approximate surface area is 138 Å². The molecule has 1 aromatic rings. The van der Waals surface area contributed by atoms with E-state index in [1.54, 1.807) is 12.1 Å². The van der Waals surface area contributed by atoms with E-state index in [2.05, 4.69) is 5.32 Å². The maximum atomic E-state index is 12.2. The lowest BCUT2D eigenvalue weighted by atomic mass is 9.86. The molecular formula is C18H28N2O3. The number of rotatable bonds is 6. The molecule has 0 spiro atoms. The number of phenols is 1. The molecule has 5 heteroatoms. The van der Waals surface area contributed by atoms with E-state index in [0.29, 0.717) is 12.5 Å². The number of aryl methyl sites for hydroxylation is 1. The van der Waals surface area contributed by atoms with Crippen LogP contribution in [0.2, 0.25) is 0 Å². The second-order valence-corrected chi connectivity index (χ2v) is 6.47. The Bertz CT molecular complexity index is 482. The molecule has 128 valence electrons. The zero-order chi connectivity index (χ0) is 16.7. The van der Waals surface area contributed by atoms with Gasteiger partial charge in [-0.05, 0) is 62.1 Å². The van der Waals surface area contributed by atoms with Crippen LogP contribution in [0.15, 0.2) is 24.3 Å². The second kappa shape index (κ2) is 8.77. The molecular weight excluding hydrogens is 292 g/mol. The summed E-state index contributed by atoms with van der Waals surface area (Å²) in [6.45, 7) is 0.913. The zero-order valence-corrected chi connectivity index (χ0v) is 13.9. The van der Waals surface area contributed by atoms with Crippen LogP contribution in [-0.2, 0) is 6.42 Å². The molecule has 0 unspecified atom stereocenters. The van der Waals surface area contributed by atoms with E-state index >= 15 is 0 Å². The minimum absolute atomic E-state index is 0.0110.